The number of halogens is 1. The van der Waals surface area contributed by atoms with E-state index in [0.717, 1.165) is 24.9 Å². The molecule has 1 aromatic carbocycles. The number of hydrogen-bond donors (Lipinski definition) is 1. The summed E-state index contributed by atoms with van der Waals surface area (Å²) in [7, 11) is 0. The van der Waals surface area contributed by atoms with Crippen LogP contribution in [-0.4, -0.2) is 22.0 Å². The summed E-state index contributed by atoms with van der Waals surface area (Å²) >= 11 is 0. The van der Waals surface area contributed by atoms with Gasteiger partial charge in [-0.1, -0.05) is 25.5 Å². The number of carbonyl (C=O) groups is 1. The van der Waals surface area contributed by atoms with Crippen LogP contribution in [-0.2, 0) is 13.1 Å². The largest absolute Gasteiger partial charge is 0.348 e. The fourth-order valence-electron chi connectivity index (χ4n) is 3.17. The molecule has 1 aliphatic heterocycles. The first-order valence-electron chi connectivity index (χ1n) is 8.13. The number of benzene rings is 1. The number of carbonyl (C=O) groups excluding carboxylic acids is 1. The van der Waals surface area contributed by atoms with Crippen LogP contribution in [0, 0.1) is 5.82 Å². The molecule has 0 bridgehead atoms. The summed E-state index contributed by atoms with van der Waals surface area (Å²) in [5, 5.41) is 2.95. The lowest BCUT2D eigenvalue weighted by atomic mass is 10.0. The van der Waals surface area contributed by atoms with E-state index in [9.17, 15) is 9.18 Å². The maximum absolute atomic E-state index is 12.9. The Kier molecular flexibility index (Phi) is 4.65. The molecule has 122 valence electrons. The third kappa shape index (κ3) is 3.38. The molecule has 5 heteroatoms. The molecule has 0 aliphatic carbocycles. The standard InChI is InChI=1S/C18H22FN3O/c1-2-4-17-16-5-3-10-21(16)11-12-22(17)18(23)20-13-14-6-8-15(19)9-7-14/h3,5-10,17H,2,4,11-13H2,1H3,(H,20,23). The number of aromatic nitrogens is 1. The molecule has 0 fully saturated rings. The Balaban J connectivity index is 1.67. The molecule has 23 heavy (non-hydrogen) atoms. The molecular formula is C18H22FN3O. The molecular weight excluding hydrogens is 293 g/mol. The van der Waals surface area contributed by atoms with Gasteiger partial charge in [0.25, 0.3) is 0 Å². The molecule has 0 spiro atoms. The van der Waals surface area contributed by atoms with Crippen LogP contribution in [0.25, 0.3) is 0 Å². The van der Waals surface area contributed by atoms with E-state index < -0.39 is 0 Å². The maximum Gasteiger partial charge on any atom is 0.318 e. The van der Waals surface area contributed by atoms with Crippen molar-refractivity contribution in [3.8, 4) is 0 Å². The van der Waals surface area contributed by atoms with Gasteiger partial charge in [0.2, 0.25) is 0 Å². The quantitative estimate of drug-likeness (QED) is 0.918. The molecule has 2 amide bonds. The monoisotopic (exact) mass is 315 g/mol. The van der Waals surface area contributed by atoms with Crippen molar-refractivity contribution in [2.45, 2.75) is 38.9 Å². The number of nitrogens with zero attached hydrogens (tertiary/aromatic N) is 2. The number of amides is 2. The first kappa shape index (κ1) is 15.6. The summed E-state index contributed by atoms with van der Waals surface area (Å²) in [5.41, 5.74) is 2.10. The van der Waals surface area contributed by atoms with Crippen LogP contribution in [0.4, 0.5) is 9.18 Å². The van der Waals surface area contributed by atoms with Crippen LogP contribution < -0.4 is 5.32 Å². The van der Waals surface area contributed by atoms with E-state index in [-0.39, 0.29) is 17.9 Å². The topological polar surface area (TPSA) is 37.3 Å². The third-order valence-electron chi connectivity index (χ3n) is 4.34. The van der Waals surface area contributed by atoms with E-state index in [1.807, 2.05) is 11.0 Å². The van der Waals surface area contributed by atoms with Gasteiger partial charge < -0.3 is 14.8 Å². The van der Waals surface area contributed by atoms with Gasteiger partial charge in [0.05, 0.1) is 6.04 Å². The molecule has 2 heterocycles. The van der Waals surface area contributed by atoms with Gasteiger partial charge in [-0.15, -0.1) is 0 Å². The highest BCUT2D eigenvalue weighted by Gasteiger charge is 2.29. The second kappa shape index (κ2) is 6.86. The molecule has 0 radical (unpaired) electrons. The molecule has 4 nitrogen and oxygen atoms in total. The highest BCUT2D eigenvalue weighted by Crippen LogP contribution is 2.29. The zero-order chi connectivity index (χ0) is 16.2. The Morgan fingerprint density at radius 2 is 2.04 bits per heavy atom. The van der Waals surface area contributed by atoms with Gasteiger partial charge in [0.15, 0.2) is 0 Å². The van der Waals surface area contributed by atoms with Gasteiger partial charge >= 0.3 is 6.03 Å². The van der Waals surface area contributed by atoms with Crippen LogP contribution in [0.15, 0.2) is 42.6 Å². The van der Waals surface area contributed by atoms with Crippen molar-refractivity contribution < 1.29 is 9.18 Å². The van der Waals surface area contributed by atoms with Gasteiger partial charge in [-0.2, -0.15) is 0 Å². The van der Waals surface area contributed by atoms with Crippen LogP contribution in [0.1, 0.15) is 37.1 Å². The summed E-state index contributed by atoms with van der Waals surface area (Å²) in [6, 6.07) is 10.4. The zero-order valence-corrected chi connectivity index (χ0v) is 13.3. The lowest BCUT2D eigenvalue weighted by Gasteiger charge is -2.37. The van der Waals surface area contributed by atoms with Gasteiger partial charge in [0.1, 0.15) is 5.82 Å². The zero-order valence-electron chi connectivity index (χ0n) is 13.3. The predicted octanol–water partition coefficient (Wildman–Crippen LogP) is 3.69. The smallest absolute Gasteiger partial charge is 0.318 e. The van der Waals surface area contributed by atoms with Crippen molar-refractivity contribution in [1.82, 2.24) is 14.8 Å². The molecule has 1 atom stereocenters. The van der Waals surface area contributed by atoms with Crippen molar-refractivity contribution in [1.29, 1.82) is 0 Å². The summed E-state index contributed by atoms with van der Waals surface area (Å²) in [5.74, 6) is -0.264. The molecule has 3 rings (SSSR count). The number of rotatable bonds is 4. The average Bonchev–Trinajstić information content (AvgIpc) is 3.03. The third-order valence-corrected chi connectivity index (χ3v) is 4.34. The summed E-state index contributed by atoms with van der Waals surface area (Å²) in [6.45, 7) is 4.08. The van der Waals surface area contributed by atoms with E-state index >= 15 is 0 Å². The van der Waals surface area contributed by atoms with Crippen LogP contribution in [0.5, 0.6) is 0 Å². The predicted molar refractivity (Wildman–Crippen MR) is 87.4 cm³/mol. The van der Waals surface area contributed by atoms with Gasteiger partial charge in [0, 0.05) is 31.5 Å². The van der Waals surface area contributed by atoms with Crippen molar-refractivity contribution in [2.24, 2.45) is 0 Å². The molecule has 2 aromatic rings. The molecule has 0 saturated heterocycles. The number of nitrogens with one attached hydrogen (secondary N) is 1. The molecule has 1 unspecified atom stereocenters. The second-order valence-corrected chi connectivity index (χ2v) is 5.91. The average molecular weight is 315 g/mol. The van der Waals surface area contributed by atoms with Crippen LogP contribution in [0.3, 0.4) is 0 Å². The molecule has 1 aromatic heterocycles. The summed E-state index contributed by atoms with van der Waals surface area (Å²) in [4.78, 5) is 14.5. The summed E-state index contributed by atoms with van der Waals surface area (Å²) < 4.78 is 15.2. The first-order chi connectivity index (χ1) is 11.2. The molecule has 1 N–H and O–H groups in total. The van der Waals surface area contributed by atoms with Gasteiger partial charge in [-0.05, 0) is 36.2 Å². The minimum atomic E-state index is -0.264. The highest BCUT2D eigenvalue weighted by atomic mass is 19.1. The Morgan fingerprint density at radius 3 is 2.78 bits per heavy atom. The first-order valence-corrected chi connectivity index (χ1v) is 8.13. The Labute approximate surface area is 135 Å². The van der Waals surface area contributed by atoms with E-state index in [0.29, 0.717) is 13.1 Å². The second-order valence-electron chi connectivity index (χ2n) is 5.91. The lowest BCUT2D eigenvalue weighted by molar-refractivity contribution is 0.150. The molecule has 0 saturated carbocycles. The Bertz CT molecular complexity index is 665. The van der Waals surface area contributed by atoms with Crippen molar-refractivity contribution >= 4 is 6.03 Å². The van der Waals surface area contributed by atoms with Crippen molar-refractivity contribution in [3.05, 3.63) is 59.7 Å². The van der Waals surface area contributed by atoms with E-state index in [1.165, 1.54) is 17.8 Å². The fraction of sp³-hybridized carbons (Fsp3) is 0.389. The van der Waals surface area contributed by atoms with Gasteiger partial charge in [-0.25, -0.2) is 9.18 Å². The Hall–Kier alpha value is -2.30. The van der Waals surface area contributed by atoms with E-state index in [4.69, 9.17) is 0 Å². The van der Waals surface area contributed by atoms with E-state index in [2.05, 4.69) is 29.1 Å². The van der Waals surface area contributed by atoms with E-state index in [1.54, 1.807) is 12.1 Å². The minimum absolute atomic E-state index is 0.0553. The molecule has 1 aliphatic rings. The summed E-state index contributed by atoms with van der Waals surface area (Å²) in [6.07, 6.45) is 4.05. The minimum Gasteiger partial charge on any atom is -0.348 e. The highest BCUT2D eigenvalue weighted by molar-refractivity contribution is 5.74. The van der Waals surface area contributed by atoms with Crippen molar-refractivity contribution in [2.75, 3.05) is 6.54 Å². The van der Waals surface area contributed by atoms with Gasteiger partial charge in [-0.3, -0.25) is 0 Å². The maximum atomic E-state index is 12.9. The SMILES string of the molecule is CCCC1c2cccn2CCN1C(=O)NCc1ccc(F)cc1. The van der Waals surface area contributed by atoms with Crippen LogP contribution >= 0.6 is 0 Å². The van der Waals surface area contributed by atoms with Crippen LogP contribution in [0.2, 0.25) is 0 Å². The fourth-order valence-corrected chi connectivity index (χ4v) is 3.17. The number of hydrogen-bond acceptors (Lipinski definition) is 1. The number of fused-ring (bicyclic) bond motifs is 1. The lowest BCUT2D eigenvalue weighted by Crippen LogP contribution is -2.46. The Morgan fingerprint density at radius 1 is 1.26 bits per heavy atom. The normalized spacial score (nSPS) is 17.0. The van der Waals surface area contributed by atoms with Crippen molar-refractivity contribution in [3.63, 3.8) is 0 Å². The number of urea groups is 1.